The number of thioether (sulfide) groups is 1. The number of amides is 3. The Kier molecular flexibility index (Phi) is 6.28. The number of benzene rings is 2. The van der Waals surface area contributed by atoms with Crippen LogP contribution in [0.4, 0.5) is 10.5 Å². The number of rotatable bonds is 4. The molecule has 2 aliphatic heterocycles. The number of carbonyl (C=O) groups excluding carboxylic acids is 3. The van der Waals surface area contributed by atoms with E-state index in [1.54, 1.807) is 18.2 Å². The number of likely N-dealkylation sites (tertiary alicyclic amines) is 1. The summed E-state index contributed by atoms with van der Waals surface area (Å²) in [4.78, 5) is 42.4. The molecule has 0 spiro atoms. The second-order valence-electron chi connectivity index (χ2n) is 8.88. The number of hydrogen-bond acceptors (Lipinski definition) is 4. The van der Waals surface area contributed by atoms with Crippen LogP contribution in [0.1, 0.15) is 36.8 Å². The highest BCUT2D eigenvalue weighted by Crippen LogP contribution is 2.37. The Morgan fingerprint density at radius 3 is 2.41 bits per heavy atom. The molecule has 3 aromatic rings. The van der Waals surface area contributed by atoms with Crippen molar-refractivity contribution >= 4 is 51.5 Å². The predicted octanol–water partition coefficient (Wildman–Crippen LogP) is 5.59. The number of aryl methyl sites for hydroxylation is 1. The van der Waals surface area contributed by atoms with Crippen molar-refractivity contribution in [2.24, 2.45) is 0 Å². The molecule has 0 bridgehead atoms. The lowest BCUT2D eigenvalue weighted by molar-refractivity contribution is -0.131. The van der Waals surface area contributed by atoms with Gasteiger partial charge in [0, 0.05) is 35.8 Å². The van der Waals surface area contributed by atoms with Crippen molar-refractivity contribution in [2.45, 2.75) is 39.2 Å². The molecule has 0 radical (unpaired) electrons. The molecule has 7 heteroatoms. The first-order valence-electron chi connectivity index (χ1n) is 11.7. The van der Waals surface area contributed by atoms with E-state index in [9.17, 15) is 14.4 Å². The van der Waals surface area contributed by atoms with Crippen LogP contribution in [0.3, 0.4) is 0 Å². The van der Waals surface area contributed by atoms with Crippen LogP contribution in [-0.4, -0.2) is 39.6 Å². The van der Waals surface area contributed by atoms with Crippen LogP contribution >= 0.6 is 11.8 Å². The fraction of sp³-hybridized carbons (Fsp3) is 0.296. The third-order valence-corrected chi connectivity index (χ3v) is 7.33. The molecule has 6 nitrogen and oxygen atoms in total. The van der Waals surface area contributed by atoms with E-state index in [-0.39, 0.29) is 23.6 Å². The molecule has 0 unspecified atom stereocenters. The van der Waals surface area contributed by atoms with E-state index in [4.69, 9.17) is 0 Å². The molecule has 5 rings (SSSR count). The van der Waals surface area contributed by atoms with Gasteiger partial charge in [0.05, 0.1) is 10.6 Å². The summed E-state index contributed by atoms with van der Waals surface area (Å²) in [5, 5.41) is 0.647. The maximum absolute atomic E-state index is 13.1. The predicted molar refractivity (Wildman–Crippen MR) is 137 cm³/mol. The first kappa shape index (κ1) is 22.5. The number of fused-ring (bicyclic) bond motifs is 1. The van der Waals surface area contributed by atoms with Crippen molar-refractivity contribution < 1.29 is 14.4 Å². The summed E-state index contributed by atoms with van der Waals surface area (Å²) in [6, 6.07) is 15.2. The lowest BCUT2D eigenvalue weighted by Crippen LogP contribution is -2.34. The van der Waals surface area contributed by atoms with Crippen molar-refractivity contribution in [3.63, 3.8) is 0 Å². The van der Waals surface area contributed by atoms with Gasteiger partial charge in [0.25, 0.3) is 11.1 Å². The van der Waals surface area contributed by atoms with Gasteiger partial charge in [-0.3, -0.25) is 14.4 Å². The Hall–Kier alpha value is -3.32. The molecule has 2 aliphatic rings. The molecule has 0 saturated carbocycles. The highest BCUT2D eigenvalue weighted by Gasteiger charge is 2.36. The van der Waals surface area contributed by atoms with E-state index in [1.165, 1.54) is 17.7 Å². The van der Waals surface area contributed by atoms with Gasteiger partial charge in [0.2, 0.25) is 5.91 Å². The summed E-state index contributed by atoms with van der Waals surface area (Å²) in [6.45, 7) is 3.86. The minimum Gasteiger partial charge on any atom is -0.341 e. The first-order valence-corrected chi connectivity index (χ1v) is 12.5. The average molecular weight is 474 g/mol. The minimum atomic E-state index is -0.323. The van der Waals surface area contributed by atoms with Gasteiger partial charge < -0.3 is 9.47 Å². The highest BCUT2D eigenvalue weighted by atomic mass is 32.2. The maximum Gasteiger partial charge on any atom is 0.298 e. The number of para-hydroxylation sites is 1. The van der Waals surface area contributed by atoms with Gasteiger partial charge in [-0.25, -0.2) is 4.90 Å². The summed E-state index contributed by atoms with van der Waals surface area (Å²) in [7, 11) is 0. The van der Waals surface area contributed by atoms with Crippen LogP contribution in [0.2, 0.25) is 0 Å². The van der Waals surface area contributed by atoms with Gasteiger partial charge in [-0.1, -0.05) is 48.7 Å². The number of imide groups is 1. The van der Waals surface area contributed by atoms with Crippen LogP contribution in [-0.2, 0) is 16.1 Å². The van der Waals surface area contributed by atoms with Gasteiger partial charge in [-0.05, 0) is 55.8 Å². The Morgan fingerprint density at radius 1 is 0.971 bits per heavy atom. The van der Waals surface area contributed by atoms with Gasteiger partial charge in [0.15, 0.2) is 0 Å². The smallest absolute Gasteiger partial charge is 0.298 e. The normalized spacial score (nSPS) is 18.2. The first-order chi connectivity index (χ1) is 16.5. The van der Waals surface area contributed by atoms with Crippen molar-refractivity contribution in [3.8, 4) is 0 Å². The molecule has 0 aliphatic carbocycles. The summed E-state index contributed by atoms with van der Waals surface area (Å²) in [5.74, 6) is -0.203. The molecule has 2 aromatic carbocycles. The van der Waals surface area contributed by atoms with Crippen LogP contribution < -0.4 is 4.90 Å². The van der Waals surface area contributed by atoms with Crippen LogP contribution in [0, 0.1) is 6.92 Å². The molecular formula is C27H27N3O3S. The van der Waals surface area contributed by atoms with E-state index in [0.29, 0.717) is 10.6 Å². The van der Waals surface area contributed by atoms with Gasteiger partial charge >= 0.3 is 0 Å². The Labute approximate surface area is 203 Å². The summed E-state index contributed by atoms with van der Waals surface area (Å²) < 4.78 is 1.96. The van der Waals surface area contributed by atoms with Crippen molar-refractivity contribution in [1.82, 2.24) is 9.47 Å². The molecule has 174 valence electrons. The number of aromatic nitrogens is 1. The minimum absolute atomic E-state index is 0.119. The van der Waals surface area contributed by atoms with Gasteiger partial charge in [-0.15, -0.1) is 0 Å². The quantitative estimate of drug-likeness (QED) is 0.463. The van der Waals surface area contributed by atoms with E-state index < -0.39 is 0 Å². The molecular weight excluding hydrogens is 446 g/mol. The summed E-state index contributed by atoms with van der Waals surface area (Å²) >= 11 is 0.947. The standard InChI is InChI=1S/C27H27N3O3S/c1-19-10-12-21(13-11-19)30-26(32)24(34-27(30)33)16-20-17-29(23-9-5-4-8-22(20)23)18-25(31)28-14-6-2-3-7-15-28/h4-5,8-13,16-17H,2-3,6-7,14-15,18H2,1H3/b24-16-. The Bertz CT molecular complexity index is 1280. The lowest BCUT2D eigenvalue weighted by Gasteiger charge is -2.20. The second kappa shape index (κ2) is 9.50. The fourth-order valence-electron chi connectivity index (χ4n) is 4.61. The molecule has 3 heterocycles. The highest BCUT2D eigenvalue weighted by molar-refractivity contribution is 8.19. The largest absolute Gasteiger partial charge is 0.341 e. The molecule has 1 aromatic heterocycles. The van der Waals surface area contributed by atoms with Crippen molar-refractivity contribution in [1.29, 1.82) is 0 Å². The third-order valence-electron chi connectivity index (χ3n) is 6.46. The van der Waals surface area contributed by atoms with Crippen LogP contribution in [0.25, 0.3) is 17.0 Å². The fourth-order valence-corrected chi connectivity index (χ4v) is 5.44. The number of hydrogen-bond donors (Lipinski definition) is 0. The molecule has 2 fully saturated rings. The zero-order valence-corrected chi connectivity index (χ0v) is 20.0. The Morgan fingerprint density at radius 2 is 1.68 bits per heavy atom. The van der Waals surface area contributed by atoms with E-state index in [0.717, 1.165) is 59.7 Å². The second-order valence-corrected chi connectivity index (χ2v) is 9.87. The number of anilines is 1. The van der Waals surface area contributed by atoms with Gasteiger partial charge in [0.1, 0.15) is 6.54 Å². The molecule has 0 atom stereocenters. The monoisotopic (exact) mass is 473 g/mol. The maximum atomic E-state index is 13.1. The SMILES string of the molecule is Cc1ccc(N2C(=O)S/C(=C\c3cn(CC(=O)N4CCCCCC4)c4ccccc34)C2=O)cc1. The van der Waals surface area contributed by atoms with E-state index in [1.807, 2.05) is 59.0 Å². The summed E-state index contributed by atoms with van der Waals surface area (Å²) in [5.41, 5.74) is 3.40. The van der Waals surface area contributed by atoms with E-state index >= 15 is 0 Å². The van der Waals surface area contributed by atoms with Crippen LogP contribution in [0.5, 0.6) is 0 Å². The Balaban J connectivity index is 1.44. The zero-order valence-electron chi connectivity index (χ0n) is 19.2. The molecule has 3 amide bonds. The van der Waals surface area contributed by atoms with Gasteiger partial charge in [-0.2, -0.15) is 0 Å². The van der Waals surface area contributed by atoms with Crippen LogP contribution in [0.15, 0.2) is 59.6 Å². The van der Waals surface area contributed by atoms with Crippen molar-refractivity contribution in [2.75, 3.05) is 18.0 Å². The lowest BCUT2D eigenvalue weighted by atomic mass is 10.1. The molecule has 0 N–H and O–H groups in total. The zero-order chi connectivity index (χ0) is 23.7. The average Bonchev–Trinajstić information content (AvgIpc) is 3.15. The third kappa shape index (κ3) is 4.40. The topological polar surface area (TPSA) is 62.6 Å². The van der Waals surface area contributed by atoms with E-state index in [2.05, 4.69) is 0 Å². The molecule has 34 heavy (non-hydrogen) atoms. The number of carbonyl (C=O) groups is 3. The molecule has 2 saturated heterocycles. The van der Waals surface area contributed by atoms with Crippen molar-refractivity contribution in [3.05, 3.63) is 70.8 Å². The number of nitrogens with zero attached hydrogens (tertiary/aromatic N) is 3. The summed E-state index contributed by atoms with van der Waals surface area (Å²) in [6.07, 6.45) is 8.16.